The van der Waals surface area contributed by atoms with Crippen molar-refractivity contribution in [1.29, 1.82) is 0 Å². The van der Waals surface area contributed by atoms with Gasteiger partial charge in [-0.3, -0.25) is 9.59 Å². The standard InChI is InChI=1S/C29H47N3O4/c1-10-14-21(6)30-26(33)25(23-16-13-15-22(12-3)19-23)32(17-11-2)27(34)24(18-20(4)5)31-28(35)36-29(7,8)9/h12-13,15-16,19-21,24-25H,3,10-11,14,17-18H2,1-2,4-9H3,(H,30,33)(H,31,35). The van der Waals surface area contributed by atoms with Gasteiger partial charge in [-0.2, -0.15) is 0 Å². The van der Waals surface area contributed by atoms with E-state index in [1.165, 1.54) is 0 Å². The molecular formula is C29H47N3O4. The lowest BCUT2D eigenvalue weighted by Gasteiger charge is -2.35. The predicted molar refractivity (Wildman–Crippen MR) is 146 cm³/mol. The molecule has 3 atom stereocenters. The van der Waals surface area contributed by atoms with Crippen LogP contribution in [0.15, 0.2) is 30.8 Å². The molecule has 7 heteroatoms. The first-order valence-corrected chi connectivity index (χ1v) is 13.2. The molecule has 0 saturated heterocycles. The van der Waals surface area contributed by atoms with Crippen molar-refractivity contribution in [3.8, 4) is 0 Å². The van der Waals surface area contributed by atoms with Crippen LogP contribution < -0.4 is 10.6 Å². The molecule has 3 amide bonds. The number of alkyl carbamates (subject to hydrolysis) is 1. The van der Waals surface area contributed by atoms with Crippen LogP contribution in [-0.4, -0.2) is 47.0 Å². The van der Waals surface area contributed by atoms with Crippen LogP contribution in [0.5, 0.6) is 0 Å². The number of rotatable bonds is 13. The molecule has 2 N–H and O–H groups in total. The molecule has 0 aromatic heterocycles. The van der Waals surface area contributed by atoms with Gasteiger partial charge in [0.25, 0.3) is 0 Å². The highest BCUT2D eigenvalue weighted by atomic mass is 16.6. The molecule has 0 fully saturated rings. The van der Waals surface area contributed by atoms with E-state index < -0.39 is 23.8 Å². The molecule has 0 aliphatic heterocycles. The second kappa shape index (κ2) is 14.7. The fourth-order valence-corrected chi connectivity index (χ4v) is 4.11. The van der Waals surface area contributed by atoms with E-state index in [0.29, 0.717) is 24.9 Å². The smallest absolute Gasteiger partial charge is 0.408 e. The number of hydrogen-bond acceptors (Lipinski definition) is 4. The number of carbonyl (C=O) groups is 3. The van der Waals surface area contributed by atoms with Crippen molar-refractivity contribution in [3.05, 3.63) is 42.0 Å². The number of carbonyl (C=O) groups excluding carboxylic acids is 3. The molecule has 0 saturated carbocycles. The number of nitrogens with one attached hydrogen (secondary N) is 2. The van der Waals surface area contributed by atoms with Gasteiger partial charge >= 0.3 is 6.09 Å². The van der Waals surface area contributed by atoms with Gasteiger partial charge in [-0.15, -0.1) is 0 Å². The summed E-state index contributed by atoms with van der Waals surface area (Å²) < 4.78 is 5.43. The molecular weight excluding hydrogens is 454 g/mol. The Labute approximate surface area is 218 Å². The molecule has 36 heavy (non-hydrogen) atoms. The number of amides is 3. The molecule has 0 spiro atoms. The summed E-state index contributed by atoms with van der Waals surface area (Å²) in [5.74, 6) is -0.401. The third-order valence-electron chi connectivity index (χ3n) is 5.58. The Morgan fingerprint density at radius 2 is 1.75 bits per heavy atom. The Hall–Kier alpha value is -2.83. The van der Waals surface area contributed by atoms with E-state index in [0.717, 1.165) is 18.4 Å². The second-order valence-electron chi connectivity index (χ2n) is 10.8. The van der Waals surface area contributed by atoms with Crippen molar-refractivity contribution in [1.82, 2.24) is 15.5 Å². The average molecular weight is 502 g/mol. The number of ether oxygens (including phenoxy) is 1. The minimum absolute atomic E-state index is 0.0301. The van der Waals surface area contributed by atoms with Crippen LogP contribution in [0.4, 0.5) is 4.79 Å². The van der Waals surface area contributed by atoms with Gasteiger partial charge in [0.1, 0.15) is 17.7 Å². The molecule has 1 aromatic carbocycles. The zero-order valence-electron chi connectivity index (χ0n) is 23.5. The van der Waals surface area contributed by atoms with Crippen molar-refractivity contribution in [3.63, 3.8) is 0 Å². The van der Waals surface area contributed by atoms with Crippen LogP contribution in [0.2, 0.25) is 0 Å². The largest absolute Gasteiger partial charge is 0.444 e. The molecule has 3 unspecified atom stereocenters. The fraction of sp³-hybridized carbons (Fsp3) is 0.621. The molecule has 0 aliphatic carbocycles. The first-order chi connectivity index (χ1) is 16.8. The Bertz CT molecular complexity index is 876. The highest BCUT2D eigenvalue weighted by Gasteiger charge is 2.36. The van der Waals surface area contributed by atoms with Gasteiger partial charge in [0.2, 0.25) is 11.8 Å². The number of hydrogen-bond donors (Lipinski definition) is 2. The van der Waals surface area contributed by atoms with Crippen LogP contribution in [0.1, 0.15) is 98.2 Å². The molecule has 1 rings (SSSR count). The third-order valence-corrected chi connectivity index (χ3v) is 5.58. The van der Waals surface area contributed by atoms with E-state index in [9.17, 15) is 14.4 Å². The quantitative estimate of drug-likeness (QED) is 0.355. The first kappa shape index (κ1) is 31.2. The van der Waals surface area contributed by atoms with Crippen molar-refractivity contribution in [2.45, 2.75) is 105 Å². The van der Waals surface area contributed by atoms with Gasteiger partial charge in [-0.25, -0.2) is 4.79 Å². The zero-order chi connectivity index (χ0) is 27.5. The van der Waals surface area contributed by atoms with Gasteiger partial charge in [-0.1, -0.05) is 65.0 Å². The van der Waals surface area contributed by atoms with Crippen LogP contribution in [0, 0.1) is 5.92 Å². The molecule has 7 nitrogen and oxygen atoms in total. The minimum Gasteiger partial charge on any atom is -0.444 e. The molecule has 202 valence electrons. The topological polar surface area (TPSA) is 87.7 Å². The van der Waals surface area contributed by atoms with Crippen LogP contribution in [0.3, 0.4) is 0 Å². The van der Waals surface area contributed by atoms with E-state index in [-0.39, 0.29) is 23.8 Å². The summed E-state index contributed by atoms with van der Waals surface area (Å²) in [6, 6.07) is 5.82. The normalized spacial score (nSPS) is 13.9. The van der Waals surface area contributed by atoms with E-state index in [1.807, 2.05) is 52.0 Å². The van der Waals surface area contributed by atoms with Crippen molar-refractivity contribution in [2.75, 3.05) is 6.54 Å². The number of benzene rings is 1. The summed E-state index contributed by atoms with van der Waals surface area (Å²) in [6.45, 7) is 19.5. The van der Waals surface area contributed by atoms with E-state index >= 15 is 0 Å². The second-order valence-corrected chi connectivity index (χ2v) is 10.8. The van der Waals surface area contributed by atoms with Crippen LogP contribution in [-0.2, 0) is 14.3 Å². The highest BCUT2D eigenvalue weighted by Crippen LogP contribution is 2.26. The minimum atomic E-state index is -0.841. The average Bonchev–Trinajstić information content (AvgIpc) is 2.76. The summed E-state index contributed by atoms with van der Waals surface area (Å²) in [5, 5.41) is 5.86. The van der Waals surface area contributed by atoms with Crippen molar-refractivity contribution >= 4 is 24.0 Å². The van der Waals surface area contributed by atoms with Gasteiger partial charge in [0.15, 0.2) is 0 Å². The molecule has 0 bridgehead atoms. The SMILES string of the molecule is C=Cc1cccc(C(C(=O)NC(C)CCC)N(CCC)C(=O)C(CC(C)C)NC(=O)OC(C)(C)C)c1. The monoisotopic (exact) mass is 501 g/mol. The van der Waals surface area contributed by atoms with Gasteiger partial charge < -0.3 is 20.3 Å². The Morgan fingerprint density at radius 1 is 1.08 bits per heavy atom. The Kier molecular flexibility index (Phi) is 12.7. The van der Waals surface area contributed by atoms with Gasteiger partial charge in [0, 0.05) is 12.6 Å². The van der Waals surface area contributed by atoms with Crippen LogP contribution in [0.25, 0.3) is 6.08 Å². The maximum Gasteiger partial charge on any atom is 0.408 e. The predicted octanol–water partition coefficient (Wildman–Crippen LogP) is 5.85. The molecule has 0 radical (unpaired) electrons. The van der Waals surface area contributed by atoms with E-state index in [2.05, 4.69) is 24.1 Å². The maximum atomic E-state index is 14.0. The third kappa shape index (κ3) is 10.4. The van der Waals surface area contributed by atoms with Crippen molar-refractivity contribution < 1.29 is 19.1 Å². The fourth-order valence-electron chi connectivity index (χ4n) is 4.11. The molecule has 0 aliphatic rings. The van der Waals surface area contributed by atoms with Crippen LogP contribution >= 0.6 is 0 Å². The lowest BCUT2D eigenvalue weighted by atomic mass is 9.97. The van der Waals surface area contributed by atoms with Crippen molar-refractivity contribution in [2.24, 2.45) is 5.92 Å². The lowest BCUT2D eigenvalue weighted by molar-refractivity contribution is -0.143. The lowest BCUT2D eigenvalue weighted by Crippen LogP contribution is -2.54. The summed E-state index contributed by atoms with van der Waals surface area (Å²) >= 11 is 0. The zero-order valence-corrected chi connectivity index (χ0v) is 23.5. The Balaban J connectivity index is 3.48. The van der Waals surface area contributed by atoms with Gasteiger partial charge in [0.05, 0.1) is 0 Å². The summed E-state index contributed by atoms with van der Waals surface area (Å²) in [6.07, 6.45) is 3.92. The summed E-state index contributed by atoms with van der Waals surface area (Å²) in [7, 11) is 0. The Morgan fingerprint density at radius 3 is 2.28 bits per heavy atom. The summed E-state index contributed by atoms with van der Waals surface area (Å²) in [4.78, 5) is 41.9. The first-order valence-electron chi connectivity index (χ1n) is 13.2. The summed E-state index contributed by atoms with van der Waals surface area (Å²) in [5.41, 5.74) is 0.874. The van der Waals surface area contributed by atoms with E-state index in [1.54, 1.807) is 31.7 Å². The molecule has 1 aromatic rings. The van der Waals surface area contributed by atoms with Gasteiger partial charge in [-0.05, 0) is 70.1 Å². The maximum absolute atomic E-state index is 14.0. The highest BCUT2D eigenvalue weighted by molar-refractivity contribution is 5.92. The molecule has 0 heterocycles. The number of nitrogens with zero attached hydrogens (tertiary/aromatic N) is 1. The van der Waals surface area contributed by atoms with E-state index in [4.69, 9.17) is 4.74 Å².